The van der Waals surface area contributed by atoms with Crippen LogP contribution in [0.15, 0.2) is 34.5 Å². The molecule has 15 heavy (non-hydrogen) atoms. The van der Waals surface area contributed by atoms with E-state index in [4.69, 9.17) is 10.5 Å². The summed E-state index contributed by atoms with van der Waals surface area (Å²) in [6.45, 7) is 2.06. The molecule has 4 nitrogen and oxygen atoms in total. The second kappa shape index (κ2) is 5.51. The summed E-state index contributed by atoms with van der Waals surface area (Å²) in [4.78, 5) is 0. The molecule has 0 aliphatic rings. The molecule has 0 unspecified atom stereocenters. The summed E-state index contributed by atoms with van der Waals surface area (Å²) in [5.74, 6) is -0.710. The lowest BCUT2D eigenvalue weighted by molar-refractivity contribution is 0.808. The Morgan fingerprint density at radius 3 is 2.53 bits per heavy atom. The maximum absolute atomic E-state index is 8.50. The number of nitriles is 2. The Kier molecular flexibility index (Phi) is 4.00. The van der Waals surface area contributed by atoms with Crippen molar-refractivity contribution in [2.24, 2.45) is 16.1 Å². The van der Waals surface area contributed by atoms with Gasteiger partial charge in [0.25, 0.3) is 0 Å². The van der Waals surface area contributed by atoms with Gasteiger partial charge in [-0.25, -0.2) is 0 Å². The van der Waals surface area contributed by atoms with E-state index in [1.807, 2.05) is 43.3 Å². The lowest BCUT2D eigenvalue weighted by Crippen LogP contribution is -1.95. The Bertz CT molecular complexity index is 423. The molecule has 0 N–H and O–H groups in total. The fraction of sp³-hybridized carbons (Fsp3) is 0.273. The number of azo groups is 1. The van der Waals surface area contributed by atoms with Crippen LogP contribution in [-0.4, -0.2) is 6.54 Å². The molecular formula is C11H10N4. The third-order valence-corrected chi connectivity index (χ3v) is 1.87. The second-order valence-electron chi connectivity index (χ2n) is 3.02. The summed E-state index contributed by atoms with van der Waals surface area (Å²) >= 11 is 0. The topological polar surface area (TPSA) is 72.3 Å². The van der Waals surface area contributed by atoms with Crippen LogP contribution in [-0.2, 0) is 0 Å². The van der Waals surface area contributed by atoms with Crippen LogP contribution in [0.2, 0.25) is 0 Å². The van der Waals surface area contributed by atoms with Gasteiger partial charge < -0.3 is 0 Å². The van der Waals surface area contributed by atoms with Crippen molar-refractivity contribution in [3.63, 3.8) is 0 Å². The third-order valence-electron chi connectivity index (χ3n) is 1.87. The van der Waals surface area contributed by atoms with Gasteiger partial charge in [0, 0.05) is 0 Å². The van der Waals surface area contributed by atoms with Gasteiger partial charge in [-0.1, -0.05) is 18.2 Å². The van der Waals surface area contributed by atoms with E-state index in [0.717, 1.165) is 11.3 Å². The van der Waals surface area contributed by atoms with E-state index in [0.29, 0.717) is 0 Å². The molecule has 0 bridgehead atoms. The van der Waals surface area contributed by atoms with Crippen molar-refractivity contribution in [3.8, 4) is 12.1 Å². The molecule has 0 fully saturated rings. The molecule has 0 atom stereocenters. The van der Waals surface area contributed by atoms with Gasteiger partial charge in [0.15, 0.2) is 5.92 Å². The SMILES string of the molecule is Cc1ccccc1N=NCC(C#N)C#N. The first-order chi connectivity index (χ1) is 7.27. The molecule has 0 aliphatic carbocycles. The standard InChI is InChI=1S/C11H10N4/c1-9-4-2-3-5-11(9)15-14-8-10(6-12)7-13/h2-5,10H,8H2,1H3. The number of rotatable bonds is 3. The Hall–Kier alpha value is -2.20. The van der Waals surface area contributed by atoms with E-state index in [1.165, 1.54) is 0 Å². The highest BCUT2D eigenvalue weighted by Crippen LogP contribution is 2.17. The number of aryl methyl sites for hydroxylation is 1. The van der Waals surface area contributed by atoms with Crippen LogP contribution in [0, 0.1) is 35.5 Å². The quantitative estimate of drug-likeness (QED) is 0.700. The summed E-state index contributed by atoms with van der Waals surface area (Å²) in [6.07, 6.45) is 0. The average molecular weight is 198 g/mol. The zero-order chi connectivity index (χ0) is 11.1. The van der Waals surface area contributed by atoms with Gasteiger partial charge in [0.2, 0.25) is 0 Å². The first kappa shape index (κ1) is 10.9. The van der Waals surface area contributed by atoms with Crippen molar-refractivity contribution in [1.29, 1.82) is 10.5 Å². The molecule has 0 saturated carbocycles. The highest BCUT2D eigenvalue weighted by atomic mass is 15.1. The van der Waals surface area contributed by atoms with E-state index in [9.17, 15) is 0 Å². The smallest absolute Gasteiger partial charge is 0.154 e. The predicted molar refractivity (Wildman–Crippen MR) is 55.3 cm³/mol. The van der Waals surface area contributed by atoms with Crippen molar-refractivity contribution in [3.05, 3.63) is 29.8 Å². The van der Waals surface area contributed by atoms with Crippen molar-refractivity contribution in [2.45, 2.75) is 6.92 Å². The molecule has 0 aromatic heterocycles. The van der Waals surface area contributed by atoms with E-state index < -0.39 is 5.92 Å². The summed E-state index contributed by atoms with van der Waals surface area (Å²) in [5, 5.41) is 24.8. The zero-order valence-electron chi connectivity index (χ0n) is 8.38. The Labute approximate surface area is 88.5 Å². The molecule has 0 aliphatic heterocycles. The molecule has 0 radical (unpaired) electrons. The largest absolute Gasteiger partial charge is 0.197 e. The summed E-state index contributed by atoms with van der Waals surface area (Å²) in [6, 6.07) is 11.2. The molecule has 74 valence electrons. The number of hydrogen-bond donors (Lipinski definition) is 0. The minimum atomic E-state index is -0.710. The van der Waals surface area contributed by atoms with E-state index in [2.05, 4.69) is 10.2 Å². The molecule has 0 spiro atoms. The molecular weight excluding hydrogens is 188 g/mol. The minimum Gasteiger partial charge on any atom is -0.197 e. The highest BCUT2D eigenvalue weighted by Gasteiger charge is 2.02. The fourth-order valence-electron chi connectivity index (χ4n) is 0.985. The minimum absolute atomic E-state index is 0.126. The van der Waals surface area contributed by atoms with Gasteiger partial charge in [-0.15, -0.1) is 0 Å². The maximum Gasteiger partial charge on any atom is 0.154 e. The first-order valence-corrected chi connectivity index (χ1v) is 4.50. The lowest BCUT2D eigenvalue weighted by Gasteiger charge is -1.96. The van der Waals surface area contributed by atoms with Crippen LogP contribution in [0.3, 0.4) is 0 Å². The van der Waals surface area contributed by atoms with Crippen molar-refractivity contribution in [1.82, 2.24) is 0 Å². The van der Waals surface area contributed by atoms with Crippen LogP contribution >= 0.6 is 0 Å². The monoisotopic (exact) mass is 198 g/mol. The first-order valence-electron chi connectivity index (χ1n) is 4.50. The summed E-state index contributed by atoms with van der Waals surface area (Å²) in [5.41, 5.74) is 1.79. The number of benzene rings is 1. The van der Waals surface area contributed by atoms with E-state index in [-0.39, 0.29) is 6.54 Å². The van der Waals surface area contributed by atoms with E-state index >= 15 is 0 Å². The molecule has 1 rings (SSSR count). The molecule has 4 heteroatoms. The summed E-state index contributed by atoms with van der Waals surface area (Å²) < 4.78 is 0. The molecule has 1 aromatic carbocycles. The molecule has 0 heterocycles. The van der Waals surface area contributed by atoms with Crippen molar-refractivity contribution in [2.75, 3.05) is 6.54 Å². The lowest BCUT2D eigenvalue weighted by atomic mass is 10.2. The zero-order valence-corrected chi connectivity index (χ0v) is 8.38. The van der Waals surface area contributed by atoms with Gasteiger partial charge in [-0.3, -0.25) is 0 Å². The Morgan fingerprint density at radius 2 is 1.93 bits per heavy atom. The molecule has 1 aromatic rings. The highest BCUT2D eigenvalue weighted by molar-refractivity contribution is 5.43. The van der Waals surface area contributed by atoms with Crippen LogP contribution in [0.4, 0.5) is 5.69 Å². The Morgan fingerprint density at radius 1 is 1.27 bits per heavy atom. The van der Waals surface area contributed by atoms with Crippen LogP contribution < -0.4 is 0 Å². The van der Waals surface area contributed by atoms with Crippen LogP contribution in [0.5, 0.6) is 0 Å². The third kappa shape index (κ3) is 3.21. The normalized spacial score (nSPS) is 10.1. The molecule has 0 saturated heterocycles. The van der Waals surface area contributed by atoms with Crippen molar-refractivity contribution >= 4 is 5.69 Å². The number of hydrogen-bond acceptors (Lipinski definition) is 4. The van der Waals surface area contributed by atoms with Crippen LogP contribution in [0.25, 0.3) is 0 Å². The fourth-order valence-corrected chi connectivity index (χ4v) is 0.985. The predicted octanol–water partition coefficient (Wildman–Crippen LogP) is 2.74. The van der Waals surface area contributed by atoms with Gasteiger partial charge in [0.05, 0.1) is 24.4 Å². The second-order valence-corrected chi connectivity index (χ2v) is 3.02. The van der Waals surface area contributed by atoms with Gasteiger partial charge in [-0.2, -0.15) is 20.8 Å². The Balaban J connectivity index is 2.64. The molecule has 0 amide bonds. The van der Waals surface area contributed by atoms with Gasteiger partial charge >= 0.3 is 0 Å². The van der Waals surface area contributed by atoms with Crippen LogP contribution in [0.1, 0.15) is 5.56 Å². The van der Waals surface area contributed by atoms with Crippen molar-refractivity contribution < 1.29 is 0 Å². The summed E-state index contributed by atoms with van der Waals surface area (Å²) in [7, 11) is 0. The van der Waals surface area contributed by atoms with E-state index in [1.54, 1.807) is 0 Å². The number of nitrogens with zero attached hydrogens (tertiary/aromatic N) is 4. The van der Waals surface area contributed by atoms with Gasteiger partial charge in [0.1, 0.15) is 0 Å². The average Bonchev–Trinajstić information content (AvgIpc) is 2.27. The van der Waals surface area contributed by atoms with Gasteiger partial charge in [-0.05, 0) is 18.6 Å². The maximum atomic E-state index is 8.50.